The Balaban J connectivity index is 2.68. The average Bonchev–Trinajstić information content (AvgIpc) is 2.50. The van der Waals surface area contributed by atoms with Gasteiger partial charge in [0.15, 0.2) is 12.0 Å². The third-order valence-corrected chi connectivity index (χ3v) is 4.00. The molecule has 0 radical (unpaired) electrons. The summed E-state index contributed by atoms with van der Waals surface area (Å²) < 4.78 is 30.0. The van der Waals surface area contributed by atoms with Gasteiger partial charge in [0.25, 0.3) is 0 Å². The van der Waals surface area contributed by atoms with Gasteiger partial charge >= 0.3 is 7.82 Å². The fourth-order valence-corrected chi connectivity index (χ4v) is 2.77. The first-order chi connectivity index (χ1) is 11.2. The molecule has 4 N–H and O–H groups in total. The van der Waals surface area contributed by atoms with Crippen LogP contribution in [0.1, 0.15) is 55.8 Å². The Hall–Kier alpha value is -1.27. The van der Waals surface area contributed by atoms with Crippen LogP contribution in [0.4, 0.5) is 4.39 Å². The third kappa shape index (κ3) is 7.53. The van der Waals surface area contributed by atoms with Crippen molar-refractivity contribution in [3.8, 4) is 5.75 Å². The van der Waals surface area contributed by atoms with E-state index in [-0.39, 0.29) is 17.7 Å². The lowest BCUT2D eigenvalue weighted by Gasteiger charge is -2.15. The molecule has 6 nitrogen and oxygen atoms in total. The smallest absolute Gasteiger partial charge is 0.404 e. The van der Waals surface area contributed by atoms with Gasteiger partial charge in [-0.05, 0) is 38.4 Å². The Morgan fingerprint density at radius 3 is 2.50 bits per heavy atom. The van der Waals surface area contributed by atoms with Gasteiger partial charge in [0, 0.05) is 12.0 Å². The monoisotopic (exact) mass is 361 g/mol. The van der Waals surface area contributed by atoms with Crippen molar-refractivity contribution in [3.05, 3.63) is 29.3 Å². The van der Waals surface area contributed by atoms with E-state index in [1.165, 1.54) is 18.2 Å². The normalized spacial score (nSPS) is 12.9. The van der Waals surface area contributed by atoms with Crippen LogP contribution >= 0.6 is 7.82 Å². The quantitative estimate of drug-likeness (QED) is 0.412. The molecule has 24 heavy (non-hydrogen) atoms. The number of hydrogen-bond acceptors (Lipinski definition) is 4. The van der Waals surface area contributed by atoms with Crippen LogP contribution in [0.2, 0.25) is 0 Å². The van der Waals surface area contributed by atoms with E-state index < -0.39 is 19.8 Å². The number of rotatable bonds is 11. The Morgan fingerprint density at radius 1 is 1.25 bits per heavy atom. The number of carbonyl (C=O) groups excluding carboxylic acids is 1. The molecule has 136 valence electrons. The van der Waals surface area contributed by atoms with E-state index in [1.54, 1.807) is 6.92 Å². The maximum Gasteiger partial charge on any atom is 0.524 e. The summed E-state index contributed by atoms with van der Waals surface area (Å²) in [4.78, 5) is 29.8. The number of alkyl halides is 1. The van der Waals surface area contributed by atoms with Gasteiger partial charge in [-0.3, -0.25) is 14.6 Å². The second kappa shape index (κ2) is 9.89. The molecule has 0 saturated carbocycles. The number of nitrogens with two attached hydrogens (primary N) is 1. The minimum absolute atomic E-state index is 0.0765. The van der Waals surface area contributed by atoms with Crippen LogP contribution in [-0.2, 0) is 9.36 Å². The molecule has 1 aromatic carbocycles. The molecule has 0 spiro atoms. The third-order valence-electron chi connectivity index (χ3n) is 3.57. The van der Waals surface area contributed by atoms with E-state index in [4.69, 9.17) is 15.5 Å². The minimum Gasteiger partial charge on any atom is -0.404 e. The molecule has 0 heterocycles. The van der Waals surface area contributed by atoms with Gasteiger partial charge in [-0.25, -0.2) is 8.96 Å². The predicted molar refractivity (Wildman–Crippen MR) is 89.5 cm³/mol. The van der Waals surface area contributed by atoms with Gasteiger partial charge in [0.05, 0.1) is 0 Å². The molecule has 0 saturated heterocycles. The van der Waals surface area contributed by atoms with Gasteiger partial charge in [-0.1, -0.05) is 30.9 Å². The van der Waals surface area contributed by atoms with Crippen molar-refractivity contribution >= 4 is 13.6 Å². The van der Waals surface area contributed by atoms with E-state index in [9.17, 15) is 13.8 Å². The number of phosphoric acid groups is 1. The summed E-state index contributed by atoms with van der Waals surface area (Å²) in [6.07, 6.45) is 2.37. The number of benzene rings is 1. The maximum absolute atomic E-state index is 14.5. The molecular formula is C16H25FNO5P. The predicted octanol–water partition coefficient (Wildman–Crippen LogP) is 3.35. The second-order valence-corrected chi connectivity index (χ2v) is 6.92. The Labute approximate surface area is 141 Å². The van der Waals surface area contributed by atoms with Crippen LogP contribution in [0.25, 0.3) is 0 Å². The van der Waals surface area contributed by atoms with Crippen molar-refractivity contribution in [2.45, 2.75) is 51.6 Å². The fourth-order valence-electron chi connectivity index (χ4n) is 2.35. The van der Waals surface area contributed by atoms with Crippen LogP contribution in [0.5, 0.6) is 5.75 Å². The van der Waals surface area contributed by atoms with Gasteiger partial charge in [0.2, 0.25) is 0 Å². The lowest BCUT2D eigenvalue weighted by molar-refractivity contribution is -0.124. The molecule has 0 aliphatic rings. The van der Waals surface area contributed by atoms with E-state index >= 15 is 0 Å². The number of unbranched alkanes of at least 4 members (excludes halogenated alkanes) is 4. The highest BCUT2D eigenvalue weighted by atomic mass is 31.2. The van der Waals surface area contributed by atoms with Crippen molar-refractivity contribution in [2.24, 2.45) is 5.73 Å². The first-order valence-corrected chi connectivity index (χ1v) is 9.50. The molecule has 0 aromatic heterocycles. The number of ketones is 1. The van der Waals surface area contributed by atoms with Crippen LogP contribution in [0.15, 0.2) is 18.2 Å². The Bertz CT molecular complexity index is 590. The van der Waals surface area contributed by atoms with Gasteiger partial charge in [-0.15, -0.1) is 0 Å². The summed E-state index contributed by atoms with van der Waals surface area (Å²) in [6, 6.07) is 4.16. The van der Waals surface area contributed by atoms with Crippen molar-refractivity contribution in [2.75, 3.05) is 6.54 Å². The van der Waals surface area contributed by atoms with Gasteiger partial charge in [0.1, 0.15) is 5.75 Å². The number of hydrogen-bond donors (Lipinski definition) is 3. The summed E-state index contributed by atoms with van der Waals surface area (Å²) in [6.45, 7) is 2.33. The van der Waals surface area contributed by atoms with Crippen molar-refractivity contribution in [3.63, 3.8) is 0 Å². The first kappa shape index (κ1) is 20.8. The summed E-state index contributed by atoms with van der Waals surface area (Å²) in [5.41, 5.74) is 5.91. The lowest BCUT2D eigenvalue weighted by Crippen LogP contribution is -2.09. The van der Waals surface area contributed by atoms with E-state index in [1.807, 2.05) is 0 Å². The van der Waals surface area contributed by atoms with Crippen LogP contribution in [0, 0.1) is 6.92 Å². The summed E-state index contributed by atoms with van der Waals surface area (Å²) in [5.74, 6) is -0.923. The van der Waals surface area contributed by atoms with Crippen molar-refractivity contribution in [1.29, 1.82) is 0 Å². The number of Topliss-reactive ketones (excluding diaryl/α,β-unsaturated/α-hetero) is 1. The molecule has 1 rings (SSSR count). The fraction of sp³-hybridized carbons (Fsp3) is 0.562. The highest BCUT2D eigenvalue weighted by molar-refractivity contribution is 7.46. The molecule has 0 aliphatic heterocycles. The highest BCUT2D eigenvalue weighted by Gasteiger charge is 2.26. The average molecular weight is 361 g/mol. The van der Waals surface area contributed by atoms with Crippen LogP contribution in [-0.4, -0.2) is 22.1 Å². The molecular weight excluding hydrogens is 336 g/mol. The van der Waals surface area contributed by atoms with Crippen molar-refractivity contribution in [1.82, 2.24) is 0 Å². The lowest BCUT2D eigenvalue weighted by atomic mass is 9.99. The van der Waals surface area contributed by atoms with Crippen LogP contribution in [0.3, 0.4) is 0 Å². The molecule has 0 amide bonds. The zero-order valence-electron chi connectivity index (χ0n) is 13.8. The summed E-state index contributed by atoms with van der Waals surface area (Å²) in [7, 11) is -4.82. The minimum atomic E-state index is -4.82. The first-order valence-electron chi connectivity index (χ1n) is 7.97. The molecule has 1 unspecified atom stereocenters. The van der Waals surface area contributed by atoms with Crippen molar-refractivity contribution < 1.29 is 28.1 Å². The standard InChI is InChI=1S/C16H25FNO5P/c1-12-8-9-15(23-24(20,21)22)13(11-12)16(17)14(19)7-5-3-2-4-6-10-18/h8-9,11,16H,2-7,10,18H2,1H3,(H2,20,21,22). The summed E-state index contributed by atoms with van der Waals surface area (Å²) in [5, 5.41) is 0. The number of phosphoric ester groups is 1. The number of halogens is 1. The zero-order chi connectivity index (χ0) is 18.2. The summed E-state index contributed by atoms with van der Waals surface area (Å²) >= 11 is 0. The Kier molecular flexibility index (Phi) is 8.56. The van der Waals surface area contributed by atoms with E-state index in [2.05, 4.69) is 4.52 Å². The molecule has 1 atom stereocenters. The molecule has 8 heteroatoms. The topological polar surface area (TPSA) is 110 Å². The van der Waals surface area contributed by atoms with Gasteiger partial charge < -0.3 is 10.3 Å². The van der Waals surface area contributed by atoms with E-state index in [0.717, 1.165) is 25.7 Å². The number of carbonyl (C=O) groups is 1. The second-order valence-electron chi connectivity index (χ2n) is 5.76. The largest absolute Gasteiger partial charge is 0.524 e. The van der Waals surface area contributed by atoms with E-state index in [0.29, 0.717) is 18.5 Å². The molecule has 0 aliphatic carbocycles. The highest BCUT2D eigenvalue weighted by Crippen LogP contribution is 2.42. The van der Waals surface area contributed by atoms with Crippen LogP contribution < -0.4 is 10.3 Å². The maximum atomic E-state index is 14.5. The molecule has 0 bridgehead atoms. The molecule has 1 aromatic rings. The number of aryl methyl sites for hydroxylation is 1. The molecule has 0 fully saturated rings. The van der Waals surface area contributed by atoms with Gasteiger partial charge in [-0.2, -0.15) is 0 Å². The SMILES string of the molecule is Cc1ccc(OP(=O)(O)O)c(C(F)C(=O)CCCCCCCN)c1. The Morgan fingerprint density at radius 2 is 1.88 bits per heavy atom. The zero-order valence-corrected chi connectivity index (χ0v) is 14.7.